The lowest BCUT2D eigenvalue weighted by Gasteiger charge is -2.28. The summed E-state index contributed by atoms with van der Waals surface area (Å²) in [6.07, 6.45) is 2.86. The molecule has 0 aliphatic heterocycles. The zero-order chi connectivity index (χ0) is 19.5. The molecule has 12 heteroatoms. The van der Waals surface area contributed by atoms with E-state index < -0.39 is 22.0 Å². The molecular weight excluding hydrogens is 420 g/mol. The van der Waals surface area contributed by atoms with E-state index >= 15 is 0 Å². The summed E-state index contributed by atoms with van der Waals surface area (Å²) >= 11 is 8.69. The molecular formula is C14H17ClN4O4S3. The van der Waals surface area contributed by atoms with Gasteiger partial charge in [-0.2, -0.15) is 0 Å². The number of aromatic nitrogens is 2. The smallest absolute Gasteiger partial charge is 0.249 e. The normalized spacial score (nSPS) is 12.5. The van der Waals surface area contributed by atoms with Crippen LogP contribution in [0.25, 0.3) is 0 Å². The van der Waals surface area contributed by atoms with Gasteiger partial charge in [-0.1, -0.05) is 34.7 Å². The molecule has 0 saturated carbocycles. The van der Waals surface area contributed by atoms with Crippen molar-refractivity contribution in [3.05, 3.63) is 23.2 Å². The first kappa shape index (κ1) is 20.7. The van der Waals surface area contributed by atoms with E-state index in [1.165, 1.54) is 55.3 Å². The van der Waals surface area contributed by atoms with Crippen LogP contribution in [0.5, 0.6) is 5.75 Å². The van der Waals surface area contributed by atoms with E-state index in [0.717, 1.165) is 10.6 Å². The number of thioether (sulfide) groups is 1. The van der Waals surface area contributed by atoms with Crippen LogP contribution in [0.15, 0.2) is 22.5 Å². The van der Waals surface area contributed by atoms with Gasteiger partial charge < -0.3 is 4.74 Å². The average Bonchev–Trinajstić information content (AvgIpc) is 3.01. The zero-order valence-electron chi connectivity index (χ0n) is 14.4. The van der Waals surface area contributed by atoms with Crippen molar-refractivity contribution in [3.63, 3.8) is 0 Å². The van der Waals surface area contributed by atoms with Crippen molar-refractivity contribution >= 4 is 61.4 Å². The summed E-state index contributed by atoms with van der Waals surface area (Å²) in [4.78, 5) is 12.5. The molecule has 1 heterocycles. The van der Waals surface area contributed by atoms with Crippen molar-refractivity contribution in [2.24, 2.45) is 0 Å². The largest absolute Gasteiger partial charge is 0.495 e. The number of amides is 1. The maximum Gasteiger partial charge on any atom is 0.249 e. The minimum Gasteiger partial charge on any atom is -0.495 e. The lowest BCUT2D eigenvalue weighted by molar-refractivity contribution is -0.116. The molecule has 0 aliphatic carbocycles. The molecule has 26 heavy (non-hydrogen) atoms. The molecule has 2 aromatic rings. The minimum atomic E-state index is -3.75. The molecule has 142 valence electrons. The quantitative estimate of drug-likeness (QED) is 0.525. The summed E-state index contributed by atoms with van der Waals surface area (Å²) in [5.74, 6) is -0.134. The molecule has 1 atom stereocenters. The number of carbonyl (C=O) groups excluding carboxylic acids is 1. The number of rotatable bonds is 7. The number of sulfonamides is 1. The Bertz CT molecular complexity index is 903. The number of anilines is 2. The third kappa shape index (κ3) is 4.78. The summed E-state index contributed by atoms with van der Waals surface area (Å²) in [6, 6.07) is 3.46. The van der Waals surface area contributed by atoms with Crippen LogP contribution in [-0.4, -0.2) is 50.2 Å². The van der Waals surface area contributed by atoms with Gasteiger partial charge in [0.05, 0.1) is 24.1 Å². The van der Waals surface area contributed by atoms with Crippen molar-refractivity contribution in [2.75, 3.05) is 29.2 Å². The van der Waals surface area contributed by atoms with Crippen molar-refractivity contribution in [1.29, 1.82) is 0 Å². The SMILES string of the molecule is COc1ccc(N(C(C)C(=O)Nc2nnc(SC)s2)S(C)(=O)=O)cc1Cl. The first-order valence-corrected chi connectivity index (χ1v) is 11.5. The third-order valence-electron chi connectivity index (χ3n) is 3.29. The average molecular weight is 437 g/mol. The van der Waals surface area contributed by atoms with Gasteiger partial charge in [-0.15, -0.1) is 10.2 Å². The summed E-state index contributed by atoms with van der Waals surface area (Å²) in [5, 5.41) is 10.9. The number of benzene rings is 1. The topological polar surface area (TPSA) is 101 Å². The molecule has 2 rings (SSSR count). The van der Waals surface area contributed by atoms with Gasteiger partial charge in [0.1, 0.15) is 11.8 Å². The van der Waals surface area contributed by atoms with Crippen LogP contribution in [0.3, 0.4) is 0 Å². The maximum atomic E-state index is 12.5. The molecule has 0 spiro atoms. The van der Waals surface area contributed by atoms with Crippen LogP contribution in [0, 0.1) is 0 Å². The molecule has 1 N–H and O–H groups in total. The highest BCUT2D eigenvalue weighted by molar-refractivity contribution is 8.00. The Balaban J connectivity index is 2.31. The van der Waals surface area contributed by atoms with Crippen LogP contribution in [0.1, 0.15) is 6.92 Å². The highest BCUT2D eigenvalue weighted by atomic mass is 35.5. The van der Waals surface area contributed by atoms with Crippen molar-refractivity contribution in [3.8, 4) is 5.75 Å². The van der Waals surface area contributed by atoms with Gasteiger partial charge in [-0.05, 0) is 31.4 Å². The van der Waals surface area contributed by atoms with Crippen LogP contribution in [-0.2, 0) is 14.8 Å². The number of hydrogen-bond donors (Lipinski definition) is 1. The second-order valence-corrected chi connectivity index (χ2v) is 9.42. The van der Waals surface area contributed by atoms with Gasteiger partial charge in [0, 0.05) is 0 Å². The van der Waals surface area contributed by atoms with E-state index in [-0.39, 0.29) is 10.7 Å². The second kappa shape index (κ2) is 8.42. The maximum absolute atomic E-state index is 12.5. The second-order valence-electron chi connectivity index (χ2n) is 5.12. The van der Waals surface area contributed by atoms with E-state index in [1.54, 1.807) is 0 Å². The van der Waals surface area contributed by atoms with Gasteiger partial charge in [-0.25, -0.2) is 8.42 Å². The summed E-state index contributed by atoms with van der Waals surface area (Å²) in [6.45, 7) is 1.48. The fourth-order valence-electron chi connectivity index (χ4n) is 2.15. The fourth-order valence-corrected chi connectivity index (χ4v) is 4.75. The Hall–Kier alpha value is -1.56. The van der Waals surface area contributed by atoms with Gasteiger partial charge in [0.25, 0.3) is 0 Å². The van der Waals surface area contributed by atoms with E-state index in [0.29, 0.717) is 15.2 Å². The molecule has 8 nitrogen and oxygen atoms in total. The van der Waals surface area contributed by atoms with Gasteiger partial charge in [0.15, 0.2) is 4.34 Å². The molecule has 0 saturated heterocycles. The Morgan fingerprint density at radius 2 is 2.12 bits per heavy atom. The van der Waals surface area contributed by atoms with Crippen molar-refractivity contribution in [2.45, 2.75) is 17.3 Å². The third-order valence-corrected chi connectivity index (χ3v) is 6.64. The van der Waals surface area contributed by atoms with Crippen LogP contribution in [0.4, 0.5) is 10.8 Å². The van der Waals surface area contributed by atoms with Crippen LogP contribution < -0.4 is 14.4 Å². The monoisotopic (exact) mass is 436 g/mol. The fraction of sp³-hybridized carbons (Fsp3) is 0.357. The molecule has 1 aromatic carbocycles. The molecule has 1 amide bonds. The first-order valence-electron chi connectivity index (χ1n) is 7.18. The van der Waals surface area contributed by atoms with Crippen LogP contribution in [0.2, 0.25) is 5.02 Å². The van der Waals surface area contributed by atoms with Crippen LogP contribution >= 0.6 is 34.7 Å². The number of carbonyl (C=O) groups is 1. The van der Waals surface area contributed by atoms with E-state index in [9.17, 15) is 13.2 Å². The number of halogens is 1. The van der Waals surface area contributed by atoms with Crippen molar-refractivity contribution < 1.29 is 17.9 Å². The van der Waals surface area contributed by atoms with Gasteiger partial charge in [-0.3, -0.25) is 14.4 Å². The highest BCUT2D eigenvalue weighted by Crippen LogP contribution is 2.31. The van der Waals surface area contributed by atoms with Gasteiger partial charge >= 0.3 is 0 Å². The van der Waals surface area contributed by atoms with Gasteiger partial charge in [0.2, 0.25) is 21.1 Å². The number of hydrogen-bond acceptors (Lipinski definition) is 8. The van der Waals surface area contributed by atoms with E-state index in [4.69, 9.17) is 16.3 Å². The molecule has 1 aromatic heterocycles. The van der Waals surface area contributed by atoms with E-state index in [1.807, 2.05) is 6.26 Å². The Morgan fingerprint density at radius 1 is 1.42 bits per heavy atom. The highest BCUT2D eigenvalue weighted by Gasteiger charge is 2.30. The first-order chi connectivity index (χ1) is 12.2. The molecule has 0 aliphatic rings. The predicted octanol–water partition coefficient (Wildman–Crippen LogP) is 2.72. The minimum absolute atomic E-state index is 0.236. The number of nitrogens with one attached hydrogen (secondary N) is 1. The Morgan fingerprint density at radius 3 is 2.62 bits per heavy atom. The van der Waals surface area contributed by atoms with E-state index in [2.05, 4.69) is 15.5 Å². The molecule has 1 unspecified atom stereocenters. The predicted molar refractivity (Wildman–Crippen MR) is 105 cm³/mol. The number of nitrogens with zero attached hydrogens (tertiary/aromatic N) is 3. The Labute approximate surface area is 164 Å². The van der Waals surface area contributed by atoms with Crippen molar-refractivity contribution in [1.82, 2.24) is 10.2 Å². The zero-order valence-corrected chi connectivity index (χ0v) is 17.6. The summed E-state index contributed by atoms with van der Waals surface area (Å²) in [5.41, 5.74) is 0.253. The molecule has 0 radical (unpaired) electrons. The summed E-state index contributed by atoms with van der Waals surface area (Å²) < 4.78 is 31.3. The number of ether oxygens (including phenoxy) is 1. The lowest BCUT2D eigenvalue weighted by atomic mass is 10.2. The Kier molecular flexibility index (Phi) is 6.72. The lowest BCUT2D eigenvalue weighted by Crippen LogP contribution is -2.45. The number of methoxy groups -OCH3 is 1. The molecule has 0 fully saturated rings. The summed E-state index contributed by atoms with van der Waals surface area (Å²) in [7, 11) is -2.30. The molecule has 0 bridgehead atoms. The standard InChI is InChI=1S/C14H17ClN4O4S3/c1-8(12(20)16-13-17-18-14(24-3)25-13)19(26(4,21)22)9-5-6-11(23-2)10(15)7-9/h5-8H,1-4H3,(H,16,17,20).